The molecule has 1 atom stereocenters. The summed E-state index contributed by atoms with van der Waals surface area (Å²) in [7, 11) is 1.60. The first-order chi connectivity index (χ1) is 9.60. The van der Waals surface area contributed by atoms with E-state index in [0.29, 0.717) is 17.2 Å². The van der Waals surface area contributed by atoms with Crippen molar-refractivity contribution in [1.29, 1.82) is 0 Å². The number of hydrogen-bond donors (Lipinski definition) is 1. The molecule has 1 rings (SSSR count). The fourth-order valence-electron chi connectivity index (χ4n) is 2.43. The molecule has 1 aromatic rings. The van der Waals surface area contributed by atoms with Gasteiger partial charge in [0.2, 0.25) is 0 Å². The van der Waals surface area contributed by atoms with Gasteiger partial charge in [-0.2, -0.15) is 0 Å². The Morgan fingerprint density at radius 2 is 2.00 bits per heavy atom. The van der Waals surface area contributed by atoms with Crippen molar-refractivity contribution in [3.05, 3.63) is 29.6 Å². The first-order valence-corrected chi connectivity index (χ1v) is 7.65. The van der Waals surface area contributed by atoms with Gasteiger partial charge in [-0.15, -0.1) is 0 Å². The number of nitrogens with one attached hydrogen (secondary N) is 1. The Morgan fingerprint density at radius 3 is 2.60 bits per heavy atom. The summed E-state index contributed by atoms with van der Waals surface area (Å²) in [6, 6.07) is 5.08. The molecule has 1 N–H and O–H groups in total. The maximum absolute atomic E-state index is 14.2. The van der Waals surface area contributed by atoms with E-state index < -0.39 is 0 Å². The Bertz CT molecular complexity index is 393. The van der Waals surface area contributed by atoms with Crippen LogP contribution in [-0.2, 0) is 0 Å². The third-order valence-electron chi connectivity index (χ3n) is 3.50. The summed E-state index contributed by atoms with van der Waals surface area (Å²) in [6.07, 6.45) is 4.24. The molecule has 114 valence electrons. The molecule has 3 heteroatoms. The fourth-order valence-corrected chi connectivity index (χ4v) is 2.43. The smallest absolute Gasteiger partial charge is 0.131 e. The molecule has 0 aliphatic rings. The van der Waals surface area contributed by atoms with Crippen molar-refractivity contribution in [3.63, 3.8) is 0 Å². The zero-order chi connectivity index (χ0) is 15.0. The van der Waals surface area contributed by atoms with Gasteiger partial charge in [0, 0.05) is 11.6 Å². The summed E-state index contributed by atoms with van der Waals surface area (Å²) in [4.78, 5) is 0. The molecule has 1 unspecified atom stereocenters. The predicted octanol–water partition coefficient (Wildman–Crippen LogP) is 4.70. The number of rotatable bonds is 9. The van der Waals surface area contributed by atoms with Crippen LogP contribution in [0, 0.1) is 11.7 Å². The van der Waals surface area contributed by atoms with Gasteiger partial charge in [0.05, 0.1) is 7.11 Å². The summed E-state index contributed by atoms with van der Waals surface area (Å²) in [5.74, 6) is 1.15. The normalized spacial score (nSPS) is 12.7. The minimum atomic E-state index is -0.178. The summed E-state index contributed by atoms with van der Waals surface area (Å²) in [5.41, 5.74) is 0.673. The van der Waals surface area contributed by atoms with Crippen molar-refractivity contribution in [2.75, 3.05) is 13.7 Å². The Kier molecular flexibility index (Phi) is 7.60. The van der Waals surface area contributed by atoms with Crippen LogP contribution in [0.1, 0.15) is 58.1 Å². The lowest BCUT2D eigenvalue weighted by Gasteiger charge is -2.22. The molecule has 0 saturated heterocycles. The highest BCUT2D eigenvalue weighted by Crippen LogP contribution is 2.31. The van der Waals surface area contributed by atoms with Crippen LogP contribution < -0.4 is 10.1 Å². The molecule has 0 aromatic heterocycles. The largest absolute Gasteiger partial charge is 0.496 e. The molecule has 0 aliphatic heterocycles. The molecule has 0 bridgehead atoms. The van der Waals surface area contributed by atoms with Gasteiger partial charge in [-0.05, 0) is 37.4 Å². The van der Waals surface area contributed by atoms with Crippen molar-refractivity contribution < 1.29 is 9.13 Å². The van der Waals surface area contributed by atoms with E-state index >= 15 is 0 Å². The van der Waals surface area contributed by atoms with E-state index in [2.05, 4.69) is 26.1 Å². The molecule has 2 nitrogen and oxygen atoms in total. The Labute approximate surface area is 122 Å². The van der Waals surface area contributed by atoms with Gasteiger partial charge in [-0.3, -0.25) is 0 Å². The van der Waals surface area contributed by atoms with Gasteiger partial charge in [-0.25, -0.2) is 4.39 Å². The number of hydrogen-bond acceptors (Lipinski definition) is 2. The van der Waals surface area contributed by atoms with Crippen molar-refractivity contribution in [1.82, 2.24) is 5.32 Å². The first-order valence-electron chi connectivity index (χ1n) is 7.65. The Balaban J connectivity index is 2.86. The number of halogens is 1. The van der Waals surface area contributed by atoms with Gasteiger partial charge >= 0.3 is 0 Å². The molecule has 0 amide bonds. The molecule has 0 fully saturated rings. The lowest BCUT2D eigenvalue weighted by Crippen LogP contribution is -2.23. The molecule has 0 spiro atoms. The molecule has 20 heavy (non-hydrogen) atoms. The second-order valence-corrected chi connectivity index (χ2v) is 5.69. The van der Waals surface area contributed by atoms with E-state index in [1.54, 1.807) is 13.2 Å². The second kappa shape index (κ2) is 8.96. The lowest BCUT2D eigenvalue weighted by molar-refractivity contribution is 0.378. The topological polar surface area (TPSA) is 21.3 Å². The van der Waals surface area contributed by atoms with Gasteiger partial charge in [-0.1, -0.05) is 39.7 Å². The highest BCUT2D eigenvalue weighted by molar-refractivity contribution is 5.37. The average Bonchev–Trinajstić information content (AvgIpc) is 2.42. The highest BCUT2D eigenvalue weighted by atomic mass is 19.1. The minimum Gasteiger partial charge on any atom is -0.496 e. The van der Waals surface area contributed by atoms with Crippen LogP contribution in [0.2, 0.25) is 0 Å². The summed E-state index contributed by atoms with van der Waals surface area (Å²) < 4.78 is 19.5. The summed E-state index contributed by atoms with van der Waals surface area (Å²) in [5, 5.41) is 3.45. The summed E-state index contributed by atoms with van der Waals surface area (Å²) in [6.45, 7) is 7.46. The summed E-state index contributed by atoms with van der Waals surface area (Å²) >= 11 is 0. The second-order valence-electron chi connectivity index (χ2n) is 5.69. The van der Waals surface area contributed by atoms with Crippen LogP contribution in [0.25, 0.3) is 0 Å². The number of benzene rings is 1. The maximum atomic E-state index is 14.2. The molecule has 0 aliphatic carbocycles. The van der Waals surface area contributed by atoms with Crippen LogP contribution in [0.4, 0.5) is 4.39 Å². The van der Waals surface area contributed by atoms with E-state index in [-0.39, 0.29) is 11.9 Å². The fraction of sp³-hybridized carbons (Fsp3) is 0.647. The quantitative estimate of drug-likeness (QED) is 0.708. The molecule has 0 heterocycles. The highest BCUT2D eigenvalue weighted by Gasteiger charge is 2.19. The number of methoxy groups -OCH3 is 1. The van der Waals surface area contributed by atoms with Crippen LogP contribution in [0.15, 0.2) is 18.2 Å². The van der Waals surface area contributed by atoms with Crippen molar-refractivity contribution in [3.8, 4) is 5.75 Å². The van der Waals surface area contributed by atoms with Crippen molar-refractivity contribution in [2.45, 2.75) is 52.5 Å². The van der Waals surface area contributed by atoms with Crippen LogP contribution in [0.5, 0.6) is 5.75 Å². The molecule has 0 radical (unpaired) electrons. The molecular formula is C17H28FNO. The SMILES string of the molecule is CCCNC(CCCC(C)C)c1c(F)cccc1OC. The van der Waals surface area contributed by atoms with Crippen LogP contribution in [-0.4, -0.2) is 13.7 Å². The third kappa shape index (κ3) is 5.12. The van der Waals surface area contributed by atoms with E-state index in [4.69, 9.17) is 4.74 Å². The Morgan fingerprint density at radius 1 is 1.25 bits per heavy atom. The standard InChI is InChI=1S/C17H28FNO/c1-5-12-19-15(10-6-8-13(2)3)17-14(18)9-7-11-16(17)20-4/h7,9,11,13,15,19H,5-6,8,10,12H2,1-4H3. The predicted molar refractivity (Wildman–Crippen MR) is 82.7 cm³/mol. The minimum absolute atomic E-state index is 0.0323. The van der Waals surface area contributed by atoms with Gasteiger partial charge < -0.3 is 10.1 Å². The van der Waals surface area contributed by atoms with Crippen molar-refractivity contribution >= 4 is 0 Å². The lowest BCUT2D eigenvalue weighted by atomic mass is 9.96. The zero-order valence-electron chi connectivity index (χ0n) is 13.2. The van der Waals surface area contributed by atoms with Gasteiger partial charge in [0.15, 0.2) is 0 Å². The molecular weight excluding hydrogens is 253 g/mol. The monoisotopic (exact) mass is 281 g/mol. The van der Waals surface area contributed by atoms with Gasteiger partial charge in [0.1, 0.15) is 11.6 Å². The first kappa shape index (κ1) is 17.0. The van der Waals surface area contributed by atoms with Crippen molar-refractivity contribution in [2.24, 2.45) is 5.92 Å². The van der Waals surface area contributed by atoms with E-state index in [1.165, 1.54) is 12.5 Å². The van der Waals surface area contributed by atoms with E-state index in [1.807, 2.05) is 6.07 Å². The molecule has 0 saturated carbocycles. The average molecular weight is 281 g/mol. The van der Waals surface area contributed by atoms with E-state index in [9.17, 15) is 4.39 Å². The van der Waals surface area contributed by atoms with Gasteiger partial charge in [0.25, 0.3) is 0 Å². The maximum Gasteiger partial charge on any atom is 0.131 e. The number of ether oxygens (including phenoxy) is 1. The zero-order valence-corrected chi connectivity index (χ0v) is 13.2. The van der Waals surface area contributed by atoms with Crippen LogP contribution >= 0.6 is 0 Å². The Hall–Kier alpha value is -1.09. The van der Waals surface area contributed by atoms with Crippen LogP contribution in [0.3, 0.4) is 0 Å². The third-order valence-corrected chi connectivity index (χ3v) is 3.50. The molecule has 1 aromatic carbocycles. The van der Waals surface area contributed by atoms with E-state index in [0.717, 1.165) is 25.8 Å².